The van der Waals surface area contributed by atoms with E-state index in [-0.39, 0.29) is 0 Å². The Balaban J connectivity index is 3.24. The summed E-state index contributed by atoms with van der Waals surface area (Å²) in [6, 6.07) is 5.33. The van der Waals surface area contributed by atoms with Gasteiger partial charge < -0.3 is 4.74 Å². The van der Waals surface area contributed by atoms with Crippen LogP contribution in [-0.4, -0.2) is 13.1 Å². The van der Waals surface area contributed by atoms with Gasteiger partial charge in [-0.05, 0) is 25.1 Å². The van der Waals surface area contributed by atoms with Crippen LogP contribution in [0.5, 0.6) is 0 Å². The molecular weight excluding hydrogens is 279 g/mol. The van der Waals surface area contributed by atoms with Crippen LogP contribution in [0.4, 0.5) is 0 Å². The summed E-state index contributed by atoms with van der Waals surface area (Å²) < 4.78 is 5.54. The second kappa shape index (κ2) is 5.33. The summed E-state index contributed by atoms with van der Waals surface area (Å²) in [5.41, 5.74) is 1.13. The molecule has 15 heavy (non-hydrogen) atoms. The Morgan fingerprint density at radius 1 is 1.53 bits per heavy atom. The summed E-state index contributed by atoms with van der Waals surface area (Å²) in [5.74, 6) is -0.391. The molecule has 0 radical (unpaired) electrons. The van der Waals surface area contributed by atoms with E-state index in [1.807, 2.05) is 6.07 Å². The van der Waals surface area contributed by atoms with Crippen LogP contribution in [0.15, 0.2) is 28.7 Å². The van der Waals surface area contributed by atoms with E-state index in [1.165, 1.54) is 7.11 Å². The van der Waals surface area contributed by atoms with E-state index in [9.17, 15) is 4.79 Å². The number of ether oxygens (including phenoxy) is 1. The number of allylic oxidation sites excluding steroid dienone is 1. The SMILES string of the molecule is C/C=C(/C(=O)OC)c1cc(Br)ccc1Cl. The van der Waals surface area contributed by atoms with Gasteiger partial charge in [-0.3, -0.25) is 0 Å². The molecule has 4 heteroatoms. The molecule has 0 aliphatic heterocycles. The van der Waals surface area contributed by atoms with E-state index in [0.717, 1.165) is 4.47 Å². The van der Waals surface area contributed by atoms with Crippen LogP contribution in [0.25, 0.3) is 5.57 Å². The molecule has 1 aromatic carbocycles. The van der Waals surface area contributed by atoms with E-state index in [4.69, 9.17) is 11.6 Å². The lowest BCUT2D eigenvalue weighted by Crippen LogP contribution is -2.04. The molecule has 0 fully saturated rings. The smallest absolute Gasteiger partial charge is 0.338 e. The minimum absolute atomic E-state index is 0.391. The van der Waals surface area contributed by atoms with Gasteiger partial charge in [-0.25, -0.2) is 4.79 Å². The maximum atomic E-state index is 11.4. The highest BCUT2D eigenvalue weighted by Gasteiger charge is 2.14. The number of carbonyl (C=O) groups excluding carboxylic acids is 1. The second-order valence-electron chi connectivity index (χ2n) is 2.82. The molecule has 0 unspecified atom stereocenters. The summed E-state index contributed by atoms with van der Waals surface area (Å²) in [4.78, 5) is 11.4. The number of benzene rings is 1. The van der Waals surface area contributed by atoms with Crippen molar-refractivity contribution in [1.29, 1.82) is 0 Å². The Bertz CT molecular complexity index is 413. The topological polar surface area (TPSA) is 26.3 Å². The zero-order valence-electron chi connectivity index (χ0n) is 8.38. The van der Waals surface area contributed by atoms with Gasteiger partial charge >= 0.3 is 5.97 Å². The third kappa shape index (κ3) is 2.83. The zero-order chi connectivity index (χ0) is 11.4. The van der Waals surface area contributed by atoms with Gasteiger partial charge in [0.05, 0.1) is 12.7 Å². The molecule has 1 aromatic rings. The molecule has 0 aliphatic rings. The highest BCUT2D eigenvalue weighted by Crippen LogP contribution is 2.27. The first-order valence-electron chi connectivity index (χ1n) is 4.30. The fourth-order valence-electron chi connectivity index (χ4n) is 1.20. The van der Waals surface area contributed by atoms with Crippen molar-refractivity contribution in [2.45, 2.75) is 6.92 Å². The van der Waals surface area contributed by atoms with Gasteiger partial charge in [0, 0.05) is 15.1 Å². The van der Waals surface area contributed by atoms with Crippen molar-refractivity contribution in [1.82, 2.24) is 0 Å². The summed E-state index contributed by atoms with van der Waals surface area (Å²) in [6.45, 7) is 1.77. The first-order valence-corrected chi connectivity index (χ1v) is 5.47. The number of halogens is 2. The molecule has 0 amide bonds. The highest BCUT2D eigenvalue weighted by molar-refractivity contribution is 9.10. The van der Waals surface area contributed by atoms with Crippen LogP contribution in [0.1, 0.15) is 12.5 Å². The summed E-state index contributed by atoms with van der Waals surface area (Å²) in [6.07, 6.45) is 1.68. The largest absolute Gasteiger partial charge is 0.465 e. The Morgan fingerprint density at radius 3 is 2.73 bits per heavy atom. The van der Waals surface area contributed by atoms with Gasteiger partial charge in [-0.2, -0.15) is 0 Å². The molecule has 2 nitrogen and oxygen atoms in total. The Kier molecular flexibility index (Phi) is 4.36. The van der Waals surface area contributed by atoms with E-state index >= 15 is 0 Å². The number of methoxy groups -OCH3 is 1. The van der Waals surface area contributed by atoms with E-state index in [2.05, 4.69) is 20.7 Å². The van der Waals surface area contributed by atoms with Gasteiger partial charge in [-0.15, -0.1) is 0 Å². The van der Waals surface area contributed by atoms with Crippen LogP contribution in [0, 0.1) is 0 Å². The third-order valence-corrected chi connectivity index (χ3v) is 2.74. The molecule has 0 bridgehead atoms. The zero-order valence-corrected chi connectivity index (χ0v) is 10.7. The lowest BCUT2D eigenvalue weighted by Gasteiger charge is -2.07. The third-order valence-electron chi connectivity index (χ3n) is 1.91. The van der Waals surface area contributed by atoms with Gasteiger partial charge in [0.1, 0.15) is 0 Å². The number of hydrogen-bond acceptors (Lipinski definition) is 2. The lowest BCUT2D eigenvalue weighted by molar-refractivity contribution is -0.133. The molecule has 0 saturated carbocycles. The van der Waals surface area contributed by atoms with Crippen molar-refractivity contribution in [3.8, 4) is 0 Å². The molecular formula is C11H10BrClO2. The molecule has 0 aromatic heterocycles. The van der Waals surface area contributed by atoms with Crippen LogP contribution in [0.3, 0.4) is 0 Å². The second-order valence-corrected chi connectivity index (χ2v) is 4.14. The first kappa shape index (κ1) is 12.3. The summed E-state index contributed by atoms with van der Waals surface area (Å²) in [7, 11) is 1.34. The van der Waals surface area contributed by atoms with Gasteiger partial charge in [-0.1, -0.05) is 33.6 Å². The van der Waals surface area contributed by atoms with Crippen molar-refractivity contribution >= 4 is 39.1 Å². The minimum atomic E-state index is -0.391. The quantitative estimate of drug-likeness (QED) is 0.613. The molecule has 0 heterocycles. The summed E-state index contributed by atoms with van der Waals surface area (Å²) in [5, 5.41) is 0.525. The summed E-state index contributed by atoms with van der Waals surface area (Å²) >= 11 is 9.33. The predicted molar refractivity (Wildman–Crippen MR) is 64.8 cm³/mol. The van der Waals surface area contributed by atoms with Crippen LogP contribution in [-0.2, 0) is 9.53 Å². The number of rotatable bonds is 2. The number of hydrogen-bond donors (Lipinski definition) is 0. The average Bonchev–Trinajstić information content (AvgIpc) is 2.23. The van der Waals surface area contributed by atoms with Gasteiger partial charge in [0.15, 0.2) is 0 Å². The minimum Gasteiger partial charge on any atom is -0.465 e. The van der Waals surface area contributed by atoms with Crippen LogP contribution >= 0.6 is 27.5 Å². The molecule has 0 atom stereocenters. The molecule has 1 rings (SSSR count). The number of esters is 1. The van der Waals surface area contributed by atoms with Crippen molar-refractivity contribution in [2.75, 3.05) is 7.11 Å². The van der Waals surface area contributed by atoms with E-state index in [1.54, 1.807) is 25.1 Å². The van der Waals surface area contributed by atoms with Crippen LogP contribution in [0.2, 0.25) is 5.02 Å². The molecule has 80 valence electrons. The lowest BCUT2D eigenvalue weighted by atomic mass is 10.1. The maximum Gasteiger partial charge on any atom is 0.338 e. The van der Waals surface area contributed by atoms with Crippen molar-refractivity contribution in [2.24, 2.45) is 0 Å². The Morgan fingerprint density at radius 2 is 2.20 bits per heavy atom. The molecule has 0 N–H and O–H groups in total. The van der Waals surface area contributed by atoms with E-state index < -0.39 is 5.97 Å². The van der Waals surface area contributed by atoms with Crippen molar-refractivity contribution in [3.63, 3.8) is 0 Å². The van der Waals surface area contributed by atoms with Crippen LogP contribution < -0.4 is 0 Å². The molecule has 0 spiro atoms. The van der Waals surface area contributed by atoms with Gasteiger partial charge in [0.2, 0.25) is 0 Å². The molecule has 0 saturated heterocycles. The Labute approximate surface area is 102 Å². The maximum absolute atomic E-state index is 11.4. The monoisotopic (exact) mass is 288 g/mol. The Hall–Kier alpha value is -0.800. The van der Waals surface area contributed by atoms with Gasteiger partial charge in [0.25, 0.3) is 0 Å². The van der Waals surface area contributed by atoms with Crippen molar-refractivity contribution < 1.29 is 9.53 Å². The molecule has 0 aliphatic carbocycles. The van der Waals surface area contributed by atoms with Crippen molar-refractivity contribution in [3.05, 3.63) is 39.3 Å². The normalized spacial score (nSPS) is 11.3. The fourth-order valence-corrected chi connectivity index (χ4v) is 1.78. The average molecular weight is 290 g/mol. The highest BCUT2D eigenvalue weighted by atomic mass is 79.9. The van der Waals surface area contributed by atoms with E-state index in [0.29, 0.717) is 16.2 Å². The fraction of sp³-hybridized carbons (Fsp3) is 0.182. The first-order chi connectivity index (χ1) is 7.10. The predicted octanol–water partition coefficient (Wildman–Crippen LogP) is 3.68. The standard InChI is InChI=1S/C11H10BrClO2/c1-3-8(11(14)15-2)9-6-7(12)4-5-10(9)13/h3-6H,1-2H3/b8-3+. The number of carbonyl (C=O) groups is 1.